The number of morpholine rings is 1. The Morgan fingerprint density at radius 2 is 1.74 bits per heavy atom. The first-order valence-electron chi connectivity index (χ1n) is 9.43. The molecule has 1 unspecified atom stereocenters. The number of nitrogens with zero attached hydrogens (tertiary/aromatic N) is 2. The molecule has 1 saturated heterocycles. The zero-order chi connectivity index (χ0) is 22.4. The van der Waals surface area contributed by atoms with E-state index in [9.17, 15) is 23.1 Å². The van der Waals surface area contributed by atoms with Crippen molar-refractivity contribution in [1.82, 2.24) is 10.4 Å². The van der Waals surface area contributed by atoms with Crippen molar-refractivity contribution in [1.29, 1.82) is 0 Å². The number of anilines is 1. The van der Waals surface area contributed by atoms with E-state index in [4.69, 9.17) is 9.94 Å². The fraction of sp³-hybridized carbons (Fsp3) is 0.350. The van der Waals surface area contributed by atoms with Crippen molar-refractivity contribution in [3.05, 3.63) is 59.7 Å². The maximum atomic E-state index is 13.1. The second-order valence-electron chi connectivity index (χ2n) is 6.78. The summed E-state index contributed by atoms with van der Waals surface area (Å²) < 4.78 is 46.5. The Morgan fingerprint density at radius 1 is 1.13 bits per heavy atom. The molecule has 1 heterocycles. The number of aliphatic hydroxyl groups excluding tert-OH is 1. The number of hydrogen-bond acceptors (Lipinski definition) is 6. The van der Waals surface area contributed by atoms with E-state index in [2.05, 4.69) is 4.74 Å². The standard InChI is InChI=1S/C20H22F3N3O5/c21-20(22,23)31-17-7-5-16(6-8-17)26(19(28)25-9-11-30-12-10-25)13-14-1-3-15(4-2-14)18(27)24-29/h1-8,18,24,27,29H,9-13H2. The summed E-state index contributed by atoms with van der Waals surface area (Å²) in [6, 6.07) is 11.3. The number of rotatable bonds is 6. The van der Waals surface area contributed by atoms with E-state index >= 15 is 0 Å². The summed E-state index contributed by atoms with van der Waals surface area (Å²) >= 11 is 0. The van der Waals surface area contributed by atoms with Gasteiger partial charge >= 0.3 is 12.4 Å². The average Bonchev–Trinajstić information content (AvgIpc) is 2.77. The van der Waals surface area contributed by atoms with Crippen LogP contribution in [0.2, 0.25) is 0 Å². The van der Waals surface area contributed by atoms with Gasteiger partial charge in [0.15, 0.2) is 6.23 Å². The molecule has 31 heavy (non-hydrogen) atoms. The minimum Gasteiger partial charge on any atom is -0.406 e. The fourth-order valence-corrected chi connectivity index (χ4v) is 3.08. The molecule has 0 radical (unpaired) electrons. The molecule has 2 aromatic carbocycles. The number of amides is 2. The number of benzene rings is 2. The van der Waals surface area contributed by atoms with Gasteiger partial charge < -0.3 is 24.7 Å². The van der Waals surface area contributed by atoms with E-state index in [1.165, 1.54) is 17.0 Å². The summed E-state index contributed by atoms with van der Waals surface area (Å²) in [6.45, 7) is 1.74. The van der Waals surface area contributed by atoms with Gasteiger partial charge in [0, 0.05) is 18.8 Å². The lowest BCUT2D eigenvalue weighted by Gasteiger charge is -2.33. The number of hydrogen-bond donors (Lipinski definition) is 3. The van der Waals surface area contributed by atoms with Crippen molar-refractivity contribution in [2.75, 3.05) is 31.2 Å². The van der Waals surface area contributed by atoms with Gasteiger partial charge in [-0.1, -0.05) is 24.3 Å². The highest BCUT2D eigenvalue weighted by Gasteiger charge is 2.31. The van der Waals surface area contributed by atoms with Gasteiger partial charge in [-0.2, -0.15) is 5.48 Å². The Morgan fingerprint density at radius 3 is 2.29 bits per heavy atom. The van der Waals surface area contributed by atoms with Gasteiger partial charge in [0.1, 0.15) is 5.75 Å². The summed E-state index contributed by atoms with van der Waals surface area (Å²) in [6.07, 6.45) is -6.05. The molecule has 2 amide bonds. The molecule has 1 atom stereocenters. The monoisotopic (exact) mass is 441 g/mol. The van der Waals surface area contributed by atoms with Crippen LogP contribution in [0.1, 0.15) is 17.4 Å². The third-order valence-electron chi connectivity index (χ3n) is 4.65. The van der Waals surface area contributed by atoms with Gasteiger partial charge in [-0.3, -0.25) is 4.90 Å². The highest BCUT2D eigenvalue weighted by molar-refractivity contribution is 5.92. The fourth-order valence-electron chi connectivity index (χ4n) is 3.08. The molecule has 168 valence electrons. The van der Waals surface area contributed by atoms with Crippen LogP contribution >= 0.6 is 0 Å². The van der Waals surface area contributed by atoms with E-state index in [1.54, 1.807) is 34.6 Å². The van der Waals surface area contributed by atoms with Crippen LogP contribution in [0.5, 0.6) is 5.75 Å². The minimum atomic E-state index is -4.80. The zero-order valence-corrected chi connectivity index (χ0v) is 16.4. The lowest BCUT2D eigenvalue weighted by atomic mass is 10.1. The van der Waals surface area contributed by atoms with Crippen LogP contribution in [0.25, 0.3) is 0 Å². The molecular weight excluding hydrogens is 419 g/mol. The third-order valence-corrected chi connectivity index (χ3v) is 4.65. The van der Waals surface area contributed by atoms with Crippen molar-refractivity contribution in [3.8, 4) is 5.75 Å². The predicted molar refractivity (Wildman–Crippen MR) is 103 cm³/mol. The average molecular weight is 441 g/mol. The van der Waals surface area contributed by atoms with E-state index in [0.29, 0.717) is 43.1 Å². The number of carbonyl (C=O) groups excluding carboxylic acids is 1. The zero-order valence-electron chi connectivity index (χ0n) is 16.4. The lowest BCUT2D eigenvalue weighted by molar-refractivity contribution is -0.274. The highest BCUT2D eigenvalue weighted by atomic mass is 19.4. The Hall–Kier alpha value is -2.86. The number of aliphatic hydroxyl groups is 1. The number of carbonyl (C=O) groups is 1. The third kappa shape index (κ3) is 6.31. The van der Waals surface area contributed by atoms with Gasteiger partial charge in [-0.15, -0.1) is 13.2 Å². The molecule has 1 aliphatic rings. The molecule has 11 heteroatoms. The largest absolute Gasteiger partial charge is 0.573 e. The summed E-state index contributed by atoms with van der Waals surface area (Å²) in [5, 5.41) is 18.4. The number of nitrogens with one attached hydrogen (secondary N) is 1. The number of hydroxylamine groups is 1. The predicted octanol–water partition coefficient (Wildman–Crippen LogP) is 3.01. The van der Waals surface area contributed by atoms with Crippen molar-refractivity contribution in [2.24, 2.45) is 0 Å². The second kappa shape index (κ2) is 9.96. The van der Waals surface area contributed by atoms with Crippen LogP contribution in [-0.4, -0.2) is 53.9 Å². The van der Waals surface area contributed by atoms with Crippen molar-refractivity contribution in [2.45, 2.75) is 19.1 Å². The number of ether oxygens (including phenoxy) is 2. The van der Waals surface area contributed by atoms with Crippen molar-refractivity contribution < 1.29 is 37.8 Å². The Balaban J connectivity index is 1.83. The van der Waals surface area contributed by atoms with E-state index < -0.39 is 12.6 Å². The van der Waals surface area contributed by atoms with Crippen LogP contribution in [0.15, 0.2) is 48.5 Å². The number of alkyl halides is 3. The number of halogens is 3. The molecule has 3 rings (SSSR count). The molecule has 0 saturated carbocycles. The first-order valence-corrected chi connectivity index (χ1v) is 9.43. The van der Waals surface area contributed by atoms with Crippen LogP contribution in [0, 0.1) is 0 Å². The molecule has 3 N–H and O–H groups in total. The number of urea groups is 1. The van der Waals surface area contributed by atoms with E-state index in [1.807, 2.05) is 0 Å². The maximum absolute atomic E-state index is 13.1. The van der Waals surface area contributed by atoms with Crippen LogP contribution in [-0.2, 0) is 11.3 Å². The van der Waals surface area contributed by atoms with Crippen molar-refractivity contribution >= 4 is 11.7 Å². The normalized spacial score (nSPS) is 15.5. The minimum absolute atomic E-state index is 0.137. The summed E-state index contributed by atoms with van der Waals surface area (Å²) in [7, 11) is 0. The molecule has 0 aliphatic carbocycles. The van der Waals surface area contributed by atoms with Gasteiger partial charge in [0.2, 0.25) is 0 Å². The molecule has 2 aromatic rings. The van der Waals surface area contributed by atoms with Crippen LogP contribution in [0.3, 0.4) is 0 Å². The summed E-state index contributed by atoms with van der Waals surface area (Å²) in [4.78, 5) is 16.2. The van der Waals surface area contributed by atoms with Gasteiger partial charge in [-0.05, 0) is 35.4 Å². The Labute approximate surface area is 176 Å². The van der Waals surface area contributed by atoms with Crippen molar-refractivity contribution in [3.63, 3.8) is 0 Å². The molecule has 0 spiro atoms. The molecule has 0 aromatic heterocycles. The molecule has 8 nitrogen and oxygen atoms in total. The van der Waals surface area contributed by atoms with Gasteiger partial charge in [-0.25, -0.2) is 4.79 Å². The summed E-state index contributed by atoms with van der Waals surface area (Å²) in [5.74, 6) is -0.384. The van der Waals surface area contributed by atoms with Crippen LogP contribution < -0.4 is 15.1 Å². The molecular formula is C20H22F3N3O5. The SMILES string of the molecule is O=C(N1CCOCC1)N(Cc1ccc(C(O)NO)cc1)c1ccc(OC(F)(F)F)cc1. The quantitative estimate of drug-likeness (QED) is 0.471. The highest BCUT2D eigenvalue weighted by Crippen LogP contribution is 2.27. The summed E-state index contributed by atoms with van der Waals surface area (Å²) in [5.41, 5.74) is 3.26. The van der Waals surface area contributed by atoms with E-state index in [-0.39, 0.29) is 18.3 Å². The smallest absolute Gasteiger partial charge is 0.406 e. The van der Waals surface area contributed by atoms with Gasteiger partial charge in [0.05, 0.1) is 19.8 Å². The van der Waals surface area contributed by atoms with Gasteiger partial charge in [0.25, 0.3) is 0 Å². The Bertz CT molecular complexity index is 856. The second-order valence-corrected chi connectivity index (χ2v) is 6.78. The topological polar surface area (TPSA) is 94.5 Å². The van der Waals surface area contributed by atoms with Crippen LogP contribution in [0.4, 0.5) is 23.7 Å². The molecule has 1 fully saturated rings. The molecule has 0 bridgehead atoms. The molecule has 1 aliphatic heterocycles. The van der Waals surface area contributed by atoms with E-state index in [0.717, 1.165) is 12.1 Å². The lowest BCUT2D eigenvalue weighted by Crippen LogP contribution is -2.48. The first-order chi connectivity index (χ1) is 14.8. The maximum Gasteiger partial charge on any atom is 0.573 e. The Kier molecular flexibility index (Phi) is 7.33. The first kappa shape index (κ1) is 22.8.